The molecule has 12 heteroatoms. The van der Waals surface area contributed by atoms with Gasteiger partial charge < -0.3 is 24.2 Å². The van der Waals surface area contributed by atoms with Gasteiger partial charge in [0.1, 0.15) is 12.7 Å². The SMILES string of the molecule is CC/C=C\C/C=C\C/C=C\C/C=C\C/C=C\CCCC(=O)OC(CO)COP(=O)(O)OCC(COC(=O)CCCCCCCCCCCCCCC)OC(=O)CCCCCCCC/C=C\C/C=C\C/C=C\CCCCC. The monoisotopic (exact) mass is 1080 g/mol. The van der Waals surface area contributed by atoms with E-state index < -0.39 is 57.8 Å². The molecule has 0 saturated heterocycles. The number of esters is 3. The lowest BCUT2D eigenvalue weighted by atomic mass is 10.0. The van der Waals surface area contributed by atoms with E-state index in [1.165, 1.54) is 83.5 Å². The van der Waals surface area contributed by atoms with Gasteiger partial charge in [-0.05, 0) is 96.3 Å². The number of phosphoric ester groups is 1. The van der Waals surface area contributed by atoms with Crippen molar-refractivity contribution < 1.29 is 52.2 Å². The maximum atomic E-state index is 12.9. The first kappa shape index (κ1) is 72.4. The molecule has 2 N–H and O–H groups in total. The van der Waals surface area contributed by atoms with E-state index in [4.69, 9.17) is 23.3 Å². The summed E-state index contributed by atoms with van der Waals surface area (Å²) >= 11 is 0. The van der Waals surface area contributed by atoms with Crippen molar-refractivity contribution in [2.75, 3.05) is 26.4 Å². The molecule has 0 fully saturated rings. The van der Waals surface area contributed by atoms with Crippen molar-refractivity contribution in [2.45, 2.75) is 264 Å². The van der Waals surface area contributed by atoms with Gasteiger partial charge in [0.15, 0.2) is 6.10 Å². The number of unbranched alkanes of at least 4 members (excludes halogenated alkanes) is 22. The molecule has 0 aliphatic carbocycles. The minimum absolute atomic E-state index is 0.0948. The van der Waals surface area contributed by atoms with E-state index in [1.54, 1.807) is 0 Å². The van der Waals surface area contributed by atoms with Gasteiger partial charge in [0.2, 0.25) is 0 Å². The van der Waals surface area contributed by atoms with Gasteiger partial charge in [-0.1, -0.05) is 234 Å². The Bertz CT molecular complexity index is 1640. The molecule has 436 valence electrons. The summed E-state index contributed by atoms with van der Waals surface area (Å²) in [5.74, 6) is -1.54. The van der Waals surface area contributed by atoms with E-state index >= 15 is 0 Å². The molecule has 0 aromatic rings. The highest BCUT2D eigenvalue weighted by atomic mass is 31.2. The van der Waals surface area contributed by atoms with Crippen LogP contribution in [0, 0.1) is 0 Å². The Morgan fingerprint density at radius 3 is 1.13 bits per heavy atom. The third-order valence-electron chi connectivity index (χ3n) is 12.5. The van der Waals surface area contributed by atoms with Crippen molar-refractivity contribution in [1.29, 1.82) is 0 Å². The van der Waals surface area contributed by atoms with Crippen LogP contribution in [-0.4, -0.2) is 66.5 Å². The highest BCUT2D eigenvalue weighted by Gasteiger charge is 2.28. The smallest absolute Gasteiger partial charge is 0.462 e. The van der Waals surface area contributed by atoms with Crippen LogP contribution in [0.15, 0.2) is 97.2 Å². The number of allylic oxidation sites excluding steroid dienone is 16. The highest BCUT2D eigenvalue weighted by molar-refractivity contribution is 7.47. The van der Waals surface area contributed by atoms with Crippen LogP contribution in [0.3, 0.4) is 0 Å². The van der Waals surface area contributed by atoms with E-state index in [1.807, 2.05) is 12.2 Å². The van der Waals surface area contributed by atoms with Crippen LogP contribution in [0.5, 0.6) is 0 Å². The van der Waals surface area contributed by atoms with Gasteiger partial charge in [0, 0.05) is 19.3 Å². The van der Waals surface area contributed by atoms with Crippen LogP contribution < -0.4 is 0 Å². The standard InChI is InChI=1S/C64H109O11P/c1-4-7-10-13-16-19-22-25-27-29-30-32-34-37-40-43-46-49-52-55-64(68)75-61(57-71-62(66)53-50-47-44-41-38-35-24-21-18-15-12-9-6-3)59-73-76(69,70)72-58-60(56-65)74-63(67)54-51-48-45-42-39-36-33-31-28-26-23-20-17-14-11-8-5-2/h8,11,16-17,19-20,25-28,30,32-33,36,42,45,60-61,65H,4-7,9-10,12-15,18,21-24,29,31,34-35,37-41,43-44,46-59H2,1-3H3,(H,69,70)/b11-8-,19-16-,20-17-,27-25-,28-26-,32-30-,36-33-,45-42-. The Labute approximate surface area is 463 Å². The Morgan fingerprint density at radius 1 is 0.382 bits per heavy atom. The van der Waals surface area contributed by atoms with Gasteiger partial charge in [-0.2, -0.15) is 0 Å². The number of carbonyl (C=O) groups is 3. The zero-order valence-corrected chi connectivity index (χ0v) is 49.1. The number of carbonyl (C=O) groups excluding carboxylic acids is 3. The number of hydrogen-bond donors (Lipinski definition) is 2. The zero-order valence-electron chi connectivity index (χ0n) is 48.2. The number of aliphatic hydroxyl groups excluding tert-OH is 1. The van der Waals surface area contributed by atoms with Gasteiger partial charge in [-0.3, -0.25) is 23.4 Å². The van der Waals surface area contributed by atoms with Crippen LogP contribution in [-0.2, 0) is 42.2 Å². The molecule has 0 amide bonds. The van der Waals surface area contributed by atoms with Gasteiger partial charge in [-0.15, -0.1) is 0 Å². The number of aliphatic hydroxyl groups is 1. The second-order valence-electron chi connectivity index (χ2n) is 19.8. The molecule has 0 radical (unpaired) electrons. The second-order valence-corrected chi connectivity index (χ2v) is 21.2. The molecule has 3 atom stereocenters. The number of ether oxygens (including phenoxy) is 3. The molecule has 3 unspecified atom stereocenters. The van der Waals surface area contributed by atoms with Gasteiger partial charge in [-0.25, -0.2) is 4.57 Å². The first-order chi connectivity index (χ1) is 37.2. The first-order valence-electron chi connectivity index (χ1n) is 30.1. The molecule has 0 aromatic heterocycles. The summed E-state index contributed by atoms with van der Waals surface area (Å²) in [5, 5.41) is 9.82. The Morgan fingerprint density at radius 2 is 0.697 bits per heavy atom. The van der Waals surface area contributed by atoms with Crippen LogP contribution in [0.4, 0.5) is 0 Å². The molecular formula is C64H109O11P. The average molecular weight is 1090 g/mol. The van der Waals surface area contributed by atoms with Crippen molar-refractivity contribution in [3.05, 3.63) is 97.2 Å². The normalized spacial score (nSPS) is 14.0. The minimum Gasteiger partial charge on any atom is -0.462 e. The fraction of sp³-hybridized carbons (Fsp3) is 0.703. The molecule has 11 nitrogen and oxygen atoms in total. The Kier molecular flexibility index (Phi) is 54.8. The zero-order chi connectivity index (χ0) is 55.5. The third kappa shape index (κ3) is 55.2. The van der Waals surface area contributed by atoms with Crippen molar-refractivity contribution in [3.8, 4) is 0 Å². The van der Waals surface area contributed by atoms with Crippen LogP contribution in [0.1, 0.15) is 252 Å². The molecule has 0 saturated carbocycles. The highest BCUT2D eigenvalue weighted by Crippen LogP contribution is 2.43. The van der Waals surface area contributed by atoms with Crippen molar-refractivity contribution in [2.24, 2.45) is 0 Å². The Balaban J connectivity index is 4.78. The molecule has 0 bridgehead atoms. The molecule has 0 heterocycles. The van der Waals surface area contributed by atoms with Crippen LogP contribution in [0.2, 0.25) is 0 Å². The molecule has 0 rings (SSSR count). The van der Waals surface area contributed by atoms with E-state index in [-0.39, 0.29) is 25.9 Å². The topological polar surface area (TPSA) is 155 Å². The van der Waals surface area contributed by atoms with Crippen LogP contribution in [0.25, 0.3) is 0 Å². The summed E-state index contributed by atoms with van der Waals surface area (Å²) in [4.78, 5) is 48.6. The summed E-state index contributed by atoms with van der Waals surface area (Å²) in [6.07, 6.45) is 67.9. The van der Waals surface area contributed by atoms with Crippen molar-refractivity contribution in [1.82, 2.24) is 0 Å². The third-order valence-corrected chi connectivity index (χ3v) is 13.4. The van der Waals surface area contributed by atoms with E-state index in [0.29, 0.717) is 25.7 Å². The second kappa shape index (κ2) is 57.6. The molecule has 0 aliphatic heterocycles. The van der Waals surface area contributed by atoms with E-state index in [9.17, 15) is 28.9 Å². The fourth-order valence-electron chi connectivity index (χ4n) is 7.93. The summed E-state index contributed by atoms with van der Waals surface area (Å²) in [6, 6.07) is 0. The van der Waals surface area contributed by atoms with Gasteiger partial charge in [0.05, 0.1) is 19.8 Å². The number of rotatable bonds is 55. The fourth-order valence-corrected chi connectivity index (χ4v) is 8.71. The molecule has 76 heavy (non-hydrogen) atoms. The summed E-state index contributed by atoms with van der Waals surface area (Å²) in [5.41, 5.74) is 0. The maximum absolute atomic E-state index is 12.9. The number of hydrogen-bond acceptors (Lipinski definition) is 10. The van der Waals surface area contributed by atoms with Gasteiger partial charge in [0.25, 0.3) is 0 Å². The largest absolute Gasteiger partial charge is 0.472 e. The lowest BCUT2D eigenvalue weighted by Gasteiger charge is -2.21. The predicted octanol–water partition coefficient (Wildman–Crippen LogP) is 18.0. The van der Waals surface area contributed by atoms with Crippen molar-refractivity contribution >= 4 is 25.7 Å². The molecular weight excluding hydrogens is 976 g/mol. The molecule has 0 spiro atoms. The lowest BCUT2D eigenvalue weighted by Crippen LogP contribution is -2.30. The van der Waals surface area contributed by atoms with Crippen molar-refractivity contribution in [3.63, 3.8) is 0 Å². The molecule has 0 aromatic carbocycles. The van der Waals surface area contributed by atoms with Crippen LogP contribution >= 0.6 is 7.82 Å². The summed E-state index contributed by atoms with van der Waals surface area (Å²) < 4.78 is 39.5. The van der Waals surface area contributed by atoms with E-state index in [0.717, 1.165) is 103 Å². The lowest BCUT2D eigenvalue weighted by molar-refractivity contribution is -0.161. The minimum atomic E-state index is -4.77. The number of phosphoric acid groups is 1. The van der Waals surface area contributed by atoms with E-state index in [2.05, 4.69) is 106 Å². The summed E-state index contributed by atoms with van der Waals surface area (Å²) in [7, 11) is -4.77. The predicted molar refractivity (Wildman–Crippen MR) is 316 cm³/mol. The Hall–Kier alpha value is -3.60. The molecule has 0 aliphatic rings. The maximum Gasteiger partial charge on any atom is 0.472 e. The van der Waals surface area contributed by atoms with Gasteiger partial charge >= 0.3 is 25.7 Å². The average Bonchev–Trinajstić information content (AvgIpc) is 3.41. The quantitative estimate of drug-likeness (QED) is 0.0197. The first-order valence-corrected chi connectivity index (χ1v) is 31.6. The summed E-state index contributed by atoms with van der Waals surface area (Å²) in [6.45, 7) is 4.44.